The summed E-state index contributed by atoms with van der Waals surface area (Å²) in [4.78, 5) is 39.3. The Hall–Kier alpha value is -4.98. The standard InChI is InChI=1S/C31H29N5O5/c32-19-20-12-14-36(15-13-20)16-17-41-35-29(37)22-6-9-24(10-7-22)33-28(21-4-2-1-3-5-21)27-25-11-8-23(31(39)40)18-26(25)34-30(27)38/h1-11,18,20,34,38H,12-17H2,(H,35,37)(H,39,40). The number of nitriles is 1. The van der Waals surface area contributed by atoms with E-state index in [1.165, 1.54) is 12.1 Å². The molecule has 5 rings (SSSR count). The number of aromatic carboxylic acids is 1. The molecule has 0 bridgehead atoms. The Bertz CT molecular complexity index is 1610. The number of aromatic hydroxyl groups is 1. The summed E-state index contributed by atoms with van der Waals surface area (Å²) in [6.45, 7) is 2.71. The number of rotatable bonds is 9. The van der Waals surface area contributed by atoms with Gasteiger partial charge in [0.05, 0.1) is 35.2 Å². The first-order valence-electron chi connectivity index (χ1n) is 13.3. The highest BCUT2D eigenvalue weighted by Gasteiger charge is 2.20. The summed E-state index contributed by atoms with van der Waals surface area (Å²) in [7, 11) is 0. The molecule has 1 aromatic heterocycles. The van der Waals surface area contributed by atoms with Crippen LogP contribution in [0.3, 0.4) is 0 Å². The molecule has 2 heterocycles. The van der Waals surface area contributed by atoms with E-state index in [2.05, 4.69) is 21.4 Å². The Morgan fingerprint density at radius 2 is 1.73 bits per heavy atom. The van der Waals surface area contributed by atoms with E-state index in [-0.39, 0.29) is 23.3 Å². The minimum Gasteiger partial charge on any atom is -0.494 e. The zero-order valence-corrected chi connectivity index (χ0v) is 22.2. The predicted octanol–water partition coefficient (Wildman–Crippen LogP) is 4.64. The highest BCUT2D eigenvalue weighted by atomic mass is 16.7. The summed E-state index contributed by atoms with van der Waals surface area (Å²) in [5.41, 5.74) is 5.67. The predicted molar refractivity (Wildman–Crippen MR) is 153 cm³/mol. The average Bonchev–Trinajstić information content (AvgIpc) is 3.33. The minimum atomic E-state index is -1.06. The number of carbonyl (C=O) groups excluding carboxylic acids is 1. The number of fused-ring (bicyclic) bond motifs is 1. The fourth-order valence-electron chi connectivity index (χ4n) is 4.87. The minimum absolute atomic E-state index is 0.0987. The second kappa shape index (κ2) is 12.5. The van der Waals surface area contributed by atoms with Crippen molar-refractivity contribution in [2.45, 2.75) is 12.8 Å². The van der Waals surface area contributed by atoms with Gasteiger partial charge >= 0.3 is 5.97 Å². The number of hydrogen-bond donors (Lipinski definition) is 4. The number of piperidine rings is 1. The molecule has 4 aromatic rings. The van der Waals surface area contributed by atoms with Crippen molar-refractivity contribution in [3.63, 3.8) is 0 Å². The zero-order chi connectivity index (χ0) is 28.8. The molecule has 1 aliphatic heterocycles. The lowest BCUT2D eigenvalue weighted by Gasteiger charge is -2.28. The fraction of sp³-hybridized carbons (Fsp3) is 0.226. The monoisotopic (exact) mass is 551 g/mol. The number of likely N-dealkylation sites (tertiary alicyclic amines) is 1. The van der Waals surface area contributed by atoms with E-state index in [1.54, 1.807) is 30.3 Å². The lowest BCUT2D eigenvalue weighted by molar-refractivity contribution is 0.0197. The number of aromatic nitrogens is 1. The second-order valence-electron chi connectivity index (χ2n) is 9.81. The third-order valence-electron chi connectivity index (χ3n) is 7.12. The van der Waals surface area contributed by atoms with Crippen molar-refractivity contribution in [1.29, 1.82) is 5.26 Å². The smallest absolute Gasteiger partial charge is 0.335 e. The lowest BCUT2D eigenvalue weighted by Crippen LogP contribution is -2.37. The molecule has 1 amide bonds. The molecular formula is C31H29N5O5. The molecule has 1 fully saturated rings. The van der Waals surface area contributed by atoms with Crippen molar-refractivity contribution in [2.24, 2.45) is 10.9 Å². The summed E-state index contributed by atoms with van der Waals surface area (Å²) in [5, 5.41) is 29.8. The number of amides is 1. The summed E-state index contributed by atoms with van der Waals surface area (Å²) >= 11 is 0. The van der Waals surface area contributed by atoms with E-state index in [0.29, 0.717) is 46.6 Å². The molecule has 1 aliphatic rings. The first-order chi connectivity index (χ1) is 19.9. The van der Waals surface area contributed by atoms with E-state index in [9.17, 15) is 19.8 Å². The zero-order valence-electron chi connectivity index (χ0n) is 22.2. The number of nitrogens with zero attached hydrogens (tertiary/aromatic N) is 3. The van der Waals surface area contributed by atoms with Gasteiger partial charge < -0.3 is 20.1 Å². The van der Waals surface area contributed by atoms with E-state index < -0.39 is 5.97 Å². The first kappa shape index (κ1) is 27.6. The molecule has 0 spiro atoms. The molecular weight excluding hydrogens is 522 g/mol. The summed E-state index contributed by atoms with van der Waals surface area (Å²) in [5.74, 6) is -1.45. The third kappa shape index (κ3) is 6.44. The number of carboxylic acids is 1. The van der Waals surface area contributed by atoms with Crippen molar-refractivity contribution in [1.82, 2.24) is 15.4 Å². The van der Waals surface area contributed by atoms with Crippen molar-refractivity contribution in [3.05, 3.63) is 95.1 Å². The molecule has 0 unspecified atom stereocenters. The van der Waals surface area contributed by atoms with Crippen molar-refractivity contribution in [3.8, 4) is 11.9 Å². The van der Waals surface area contributed by atoms with Gasteiger partial charge in [-0.3, -0.25) is 9.63 Å². The molecule has 41 heavy (non-hydrogen) atoms. The lowest BCUT2D eigenvalue weighted by atomic mass is 9.99. The number of benzene rings is 3. The molecule has 10 nitrogen and oxygen atoms in total. The normalized spacial score (nSPS) is 14.6. The van der Waals surface area contributed by atoms with Crippen LogP contribution in [0.25, 0.3) is 10.9 Å². The molecule has 0 atom stereocenters. The van der Waals surface area contributed by atoms with Crippen molar-refractivity contribution >= 4 is 34.2 Å². The fourth-order valence-corrected chi connectivity index (χ4v) is 4.87. The Morgan fingerprint density at radius 1 is 1.02 bits per heavy atom. The highest BCUT2D eigenvalue weighted by molar-refractivity contribution is 6.22. The van der Waals surface area contributed by atoms with Crippen LogP contribution in [-0.4, -0.2) is 63.9 Å². The van der Waals surface area contributed by atoms with Crippen LogP contribution in [0.2, 0.25) is 0 Å². The Morgan fingerprint density at radius 3 is 2.41 bits per heavy atom. The van der Waals surface area contributed by atoms with Crippen LogP contribution in [0.1, 0.15) is 44.7 Å². The largest absolute Gasteiger partial charge is 0.494 e. The molecule has 208 valence electrons. The van der Waals surface area contributed by atoms with E-state index >= 15 is 0 Å². The van der Waals surface area contributed by atoms with Gasteiger partial charge in [-0.2, -0.15) is 5.26 Å². The SMILES string of the molecule is N#CC1CCN(CCONC(=O)c2ccc(N=C(c3ccccc3)c3c(O)[nH]c4cc(C(=O)O)ccc34)cc2)CC1. The number of hydroxylamine groups is 1. The number of H-pyrrole nitrogens is 1. The second-order valence-corrected chi connectivity index (χ2v) is 9.81. The van der Waals surface area contributed by atoms with Gasteiger partial charge in [0, 0.05) is 34.5 Å². The Kier molecular flexibility index (Phi) is 8.39. The summed E-state index contributed by atoms with van der Waals surface area (Å²) in [6.07, 6.45) is 1.71. The molecule has 1 saturated heterocycles. The van der Waals surface area contributed by atoms with Gasteiger partial charge in [-0.1, -0.05) is 36.4 Å². The van der Waals surface area contributed by atoms with Crippen LogP contribution < -0.4 is 5.48 Å². The van der Waals surface area contributed by atoms with Crippen LogP contribution in [-0.2, 0) is 4.84 Å². The molecule has 0 saturated carbocycles. The molecule has 4 N–H and O–H groups in total. The van der Waals surface area contributed by atoms with Crippen LogP contribution in [0, 0.1) is 17.2 Å². The van der Waals surface area contributed by atoms with E-state index in [0.717, 1.165) is 31.5 Å². The number of aliphatic imine (C=N–C) groups is 1. The molecule has 0 aliphatic carbocycles. The van der Waals surface area contributed by atoms with Crippen LogP contribution in [0.5, 0.6) is 5.88 Å². The average molecular weight is 552 g/mol. The summed E-state index contributed by atoms with van der Waals surface area (Å²) in [6, 6.07) is 22.9. The van der Waals surface area contributed by atoms with E-state index in [4.69, 9.17) is 15.1 Å². The van der Waals surface area contributed by atoms with Gasteiger partial charge in [0.1, 0.15) is 0 Å². The van der Waals surface area contributed by atoms with Crippen LogP contribution in [0.15, 0.2) is 77.8 Å². The number of carboxylic acid groups (broad SMARTS) is 1. The Labute approximate surface area is 236 Å². The van der Waals surface area contributed by atoms with E-state index in [1.807, 2.05) is 30.3 Å². The maximum Gasteiger partial charge on any atom is 0.335 e. The van der Waals surface area contributed by atoms with Crippen LogP contribution in [0.4, 0.5) is 5.69 Å². The van der Waals surface area contributed by atoms with Gasteiger partial charge in [0.2, 0.25) is 0 Å². The number of carbonyl (C=O) groups is 2. The van der Waals surface area contributed by atoms with Crippen LogP contribution >= 0.6 is 0 Å². The first-order valence-corrected chi connectivity index (χ1v) is 13.3. The highest BCUT2D eigenvalue weighted by Crippen LogP contribution is 2.32. The van der Waals surface area contributed by atoms with Crippen molar-refractivity contribution < 1.29 is 24.6 Å². The number of nitrogens with one attached hydrogen (secondary N) is 2. The maximum absolute atomic E-state index is 12.6. The molecule has 10 heteroatoms. The topological polar surface area (TPSA) is 151 Å². The molecule has 0 radical (unpaired) electrons. The Balaban J connectivity index is 1.31. The maximum atomic E-state index is 12.6. The van der Waals surface area contributed by atoms with Gasteiger partial charge in [-0.25, -0.2) is 15.3 Å². The number of hydrogen-bond acceptors (Lipinski definition) is 7. The van der Waals surface area contributed by atoms with Gasteiger partial charge in [0.25, 0.3) is 5.91 Å². The van der Waals surface area contributed by atoms with Gasteiger partial charge in [-0.15, -0.1) is 0 Å². The van der Waals surface area contributed by atoms with Crippen molar-refractivity contribution in [2.75, 3.05) is 26.2 Å². The van der Waals surface area contributed by atoms with Gasteiger partial charge in [0.15, 0.2) is 5.88 Å². The summed E-state index contributed by atoms with van der Waals surface area (Å²) < 4.78 is 0. The molecule has 3 aromatic carbocycles. The third-order valence-corrected chi connectivity index (χ3v) is 7.12. The number of aromatic amines is 1. The van der Waals surface area contributed by atoms with Gasteiger partial charge in [-0.05, 0) is 62.3 Å². The quantitative estimate of drug-likeness (QED) is 0.134.